The van der Waals surface area contributed by atoms with Gasteiger partial charge in [0.25, 0.3) is 0 Å². The molecule has 0 spiro atoms. The van der Waals surface area contributed by atoms with Crippen LogP contribution in [0.3, 0.4) is 0 Å². The molecule has 0 saturated carbocycles. The van der Waals surface area contributed by atoms with Gasteiger partial charge >= 0.3 is 0 Å². The number of nitrogens with one attached hydrogen (secondary N) is 1. The van der Waals surface area contributed by atoms with Crippen LogP contribution in [-0.2, 0) is 6.54 Å². The molecule has 1 saturated heterocycles. The highest BCUT2D eigenvalue weighted by atomic mass is 32.2. The van der Waals surface area contributed by atoms with Crippen molar-refractivity contribution in [1.29, 1.82) is 0 Å². The minimum absolute atomic E-state index is 0.116. The quantitative estimate of drug-likeness (QED) is 0.922. The van der Waals surface area contributed by atoms with E-state index in [0.717, 1.165) is 29.1 Å². The van der Waals surface area contributed by atoms with Crippen LogP contribution in [0, 0.1) is 0 Å². The summed E-state index contributed by atoms with van der Waals surface area (Å²) in [6, 6.07) is 2.01. The third-order valence-electron chi connectivity index (χ3n) is 3.37. The molecule has 3 nitrogen and oxygen atoms in total. The molecule has 0 aromatic carbocycles. The van der Waals surface area contributed by atoms with Crippen molar-refractivity contribution in [3.05, 3.63) is 23.8 Å². The Kier molecular flexibility index (Phi) is 5.37. The zero-order chi connectivity index (χ0) is 14.8. The van der Waals surface area contributed by atoms with Crippen LogP contribution in [0.2, 0.25) is 0 Å². The maximum absolute atomic E-state index is 4.75. The van der Waals surface area contributed by atoms with Crippen molar-refractivity contribution in [2.24, 2.45) is 0 Å². The molecular weight excluding hydrogens is 286 g/mol. The van der Waals surface area contributed by atoms with Crippen LogP contribution < -0.4 is 5.32 Å². The van der Waals surface area contributed by atoms with E-state index in [1.807, 2.05) is 35.8 Å². The SMILES string of the molecule is CC1SCC(c2nccc(CNC(C)(C)C)n2)SC1C. The van der Waals surface area contributed by atoms with E-state index in [1.165, 1.54) is 0 Å². The predicted octanol–water partition coefficient (Wildman–Crippen LogP) is 3.66. The Bertz CT molecular complexity index is 445. The van der Waals surface area contributed by atoms with Crippen molar-refractivity contribution in [1.82, 2.24) is 15.3 Å². The van der Waals surface area contributed by atoms with Crippen LogP contribution in [0.1, 0.15) is 51.4 Å². The fourth-order valence-corrected chi connectivity index (χ4v) is 4.79. The van der Waals surface area contributed by atoms with E-state index in [4.69, 9.17) is 4.98 Å². The smallest absolute Gasteiger partial charge is 0.142 e. The molecule has 0 aliphatic carbocycles. The molecule has 3 unspecified atom stereocenters. The van der Waals surface area contributed by atoms with Gasteiger partial charge in [0.15, 0.2) is 0 Å². The van der Waals surface area contributed by atoms with Gasteiger partial charge in [-0.3, -0.25) is 0 Å². The second-order valence-electron chi connectivity index (χ2n) is 6.38. The van der Waals surface area contributed by atoms with Crippen LogP contribution in [0.15, 0.2) is 12.3 Å². The predicted molar refractivity (Wildman–Crippen MR) is 90.3 cm³/mol. The summed E-state index contributed by atoms with van der Waals surface area (Å²) in [5.41, 5.74) is 1.20. The summed E-state index contributed by atoms with van der Waals surface area (Å²) in [6.07, 6.45) is 1.90. The van der Waals surface area contributed by atoms with Gasteiger partial charge in [0, 0.05) is 34.5 Å². The minimum atomic E-state index is 0.116. The molecule has 1 aliphatic heterocycles. The van der Waals surface area contributed by atoms with Crippen molar-refractivity contribution >= 4 is 23.5 Å². The zero-order valence-corrected chi connectivity index (χ0v) is 14.6. The summed E-state index contributed by atoms with van der Waals surface area (Å²) >= 11 is 4.05. The number of aromatic nitrogens is 2. The van der Waals surface area contributed by atoms with Crippen LogP contribution >= 0.6 is 23.5 Å². The highest BCUT2D eigenvalue weighted by Crippen LogP contribution is 2.43. The normalized spacial score (nSPS) is 27.6. The van der Waals surface area contributed by atoms with Crippen molar-refractivity contribution in [2.75, 3.05) is 5.75 Å². The molecule has 2 rings (SSSR count). The second kappa shape index (κ2) is 6.67. The topological polar surface area (TPSA) is 37.8 Å². The van der Waals surface area contributed by atoms with Crippen LogP contribution in [-0.4, -0.2) is 31.8 Å². The Balaban J connectivity index is 2.02. The van der Waals surface area contributed by atoms with Crippen LogP contribution in [0.25, 0.3) is 0 Å². The Labute approximate surface area is 131 Å². The number of thioether (sulfide) groups is 2. The second-order valence-corrected chi connectivity index (χ2v) is 9.37. The first kappa shape index (κ1) is 16.1. The third kappa shape index (κ3) is 4.64. The molecule has 3 atom stereocenters. The lowest BCUT2D eigenvalue weighted by atomic mass is 10.1. The molecule has 1 N–H and O–H groups in total. The number of hydrogen-bond donors (Lipinski definition) is 1. The zero-order valence-electron chi connectivity index (χ0n) is 13.0. The molecule has 1 aromatic heterocycles. The standard InChI is InChI=1S/C15H25N3S2/c1-10-11(2)20-13(9-19-10)14-16-7-6-12(18-14)8-17-15(3,4)5/h6-7,10-11,13,17H,8-9H2,1-5H3. The molecule has 1 fully saturated rings. The monoisotopic (exact) mass is 311 g/mol. The molecule has 112 valence electrons. The lowest BCUT2D eigenvalue weighted by Crippen LogP contribution is -2.35. The summed E-state index contributed by atoms with van der Waals surface area (Å²) in [5, 5.41) is 5.30. The van der Waals surface area contributed by atoms with E-state index in [9.17, 15) is 0 Å². The molecule has 2 heterocycles. The molecular formula is C15H25N3S2. The van der Waals surface area contributed by atoms with Crippen molar-refractivity contribution < 1.29 is 0 Å². The van der Waals surface area contributed by atoms with Gasteiger partial charge in [-0.15, -0.1) is 11.8 Å². The van der Waals surface area contributed by atoms with Gasteiger partial charge < -0.3 is 5.32 Å². The lowest BCUT2D eigenvalue weighted by Gasteiger charge is -2.30. The summed E-state index contributed by atoms with van der Waals surface area (Å²) in [4.78, 5) is 9.25. The lowest BCUT2D eigenvalue weighted by molar-refractivity contribution is 0.420. The Morgan fingerprint density at radius 1 is 1.30 bits per heavy atom. The fourth-order valence-electron chi connectivity index (χ4n) is 1.94. The van der Waals surface area contributed by atoms with E-state index >= 15 is 0 Å². The maximum atomic E-state index is 4.75. The van der Waals surface area contributed by atoms with E-state index < -0.39 is 0 Å². The van der Waals surface area contributed by atoms with E-state index in [0.29, 0.717) is 10.5 Å². The molecule has 20 heavy (non-hydrogen) atoms. The highest BCUT2D eigenvalue weighted by Gasteiger charge is 2.28. The first-order chi connectivity index (χ1) is 9.35. The Hall–Kier alpha value is -0.260. The largest absolute Gasteiger partial charge is 0.306 e. The highest BCUT2D eigenvalue weighted by molar-refractivity contribution is 8.07. The van der Waals surface area contributed by atoms with Gasteiger partial charge in [-0.05, 0) is 26.8 Å². The molecule has 1 aromatic rings. The Morgan fingerprint density at radius 2 is 2.05 bits per heavy atom. The third-order valence-corrected chi connectivity index (χ3v) is 6.76. The first-order valence-corrected chi connectivity index (χ1v) is 9.18. The summed E-state index contributed by atoms with van der Waals surface area (Å²) in [5.74, 6) is 2.11. The van der Waals surface area contributed by atoms with Crippen LogP contribution in [0.4, 0.5) is 0 Å². The van der Waals surface area contributed by atoms with E-state index in [-0.39, 0.29) is 5.54 Å². The minimum Gasteiger partial charge on any atom is -0.306 e. The van der Waals surface area contributed by atoms with Gasteiger partial charge in [0.1, 0.15) is 5.82 Å². The number of rotatable bonds is 3. The first-order valence-electron chi connectivity index (χ1n) is 7.19. The van der Waals surface area contributed by atoms with Crippen molar-refractivity contribution in [2.45, 2.75) is 62.5 Å². The van der Waals surface area contributed by atoms with E-state index in [1.54, 1.807) is 0 Å². The number of nitrogens with zero attached hydrogens (tertiary/aromatic N) is 2. The Morgan fingerprint density at radius 3 is 2.70 bits per heavy atom. The maximum Gasteiger partial charge on any atom is 0.142 e. The van der Waals surface area contributed by atoms with Crippen molar-refractivity contribution in [3.8, 4) is 0 Å². The van der Waals surface area contributed by atoms with Crippen molar-refractivity contribution in [3.63, 3.8) is 0 Å². The summed E-state index contributed by atoms with van der Waals surface area (Å²) in [6.45, 7) is 11.9. The molecule has 0 bridgehead atoms. The molecule has 0 amide bonds. The molecule has 0 radical (unpaired) electrons. The van der Waals surface area contributed by atoms with Gasteiger partial charge in [0.05, 0.1) is 10.9 Å². The fraction of sp³-hybridized carbons (Fsp3) is 0.733. The average molecular weight is 312 g/mol. The summed E-state index contributed by atoms with van der Waals surface area (Å²) < 4.78 is 0. The molecule has 5 heteroatoms. The average Bonchev–Trinajstić information content (AvgIpc) is 2.39. The van der Waals surface area contributed by atoms with Gasteiger partial charge in [-0.25, -0.2) is 9.97 Å². The summed E-state index contributed by atoms with van der Waals surface area (Å²) in [7, 11) is 0. The molecule has 1 aliphatic rings. The van der Waals surface area contributed by atoms with Gasteiger partial charge in [0.2, 0.25) is 0 Å². The van der Waals surface area contributed by atoms with Gasteiger partial charge in [-0.1, -0.05) is 13.8 Å². The van der Waals surface area contributed by atoms with E-state index in [2.05, 4.69) is 44.9 Å². The van der Waals surface area contributed by atoms with Crippen LogP contribution in [0.5, 0.6) is 0 Å². The number of hydrogen-bond acceptors (Lipinski definition) is 5. The van der Waals surface area contributed by atoms with Gasteiger partial charge in [-0.2, -0.15) is 11.8 Å².